The second kappa shape index (κ2) is 9.65. The number of hydrogen-bond donors (Lipinski definition) is 3. The summed E-state index contributed by atoms with van der Waals surface area (Å²) in [5.74, 6) is -0.162. The van der Waals surface area contributed by atoms with Gasteiger partial charge in [-0.15, -0.1) is 16.4 Å². The Hall–Kier alpha value is -4.71. The summed E-state index contributed by atoms with van der Waals surface area (Å²) in [6.07, 6.45) is 6.56. The van der Waals surface area contributed by atoms with Crippen LogP contribution in [0.2, 0.25) is 0 Å². The highest BCUT2D eigenvalue weighted by atomic mass is 32.1. The third-order valence-corrected chi connectivity index (χ3v) is 5.75. The zero-order valence-electron chi connectivity index (χ0n) is 18.3. The molecule has 0 unspecified atom stereocenters. The van der Waals surface area contributed by atoms with E-state index in [1.807, 2.05) is 30.5 Å². The number of urea groups is 1. The minimum atomic E-state index is -0.654. The molecule has 0 aliphatic heterocycles. The van der Waals surface area contributed by atoms with E-state index in [0.717, 1.165) is 22.5 Å². The van der Waals surface area contributed by atoms with Gasteiger partial charge >= 0.3 is 11.8 Å². The Morgan fingerprint density at radius 3 is 2.74 bits per heavy atom. The second-order valence-corrected chi connectivity index (χ2v) is 8.09. The Kier molecular flexibility index (Phi) is 6.09. The number of hydrogen-bond acceptors (Lipinski definition) is 9. The summed E-state index contributed by atoms with van der Waals surface area (Å²) in [5.41, 5.74) is 4.17. The predicted octanol–water partition coefficient (Wildman–Crippen LogP) is 3.81. The minimum absolute atomic E-state index is 0.125. The molecular weight excluding hydrogens is 468 g/mol. The van der Waals surface area contributed by atoms with E-state index in [4.69, 9.17) is 9.40 Å². The largest absolute Gasteiger partial charge is 0.434 e. The molecule has 0 saturated carbocycles. The van der Waals surface area contributed by atoms with Crippen molar-refractivity contribution in [3.63, 3.8) is 0 Å². The maximum atomic E-state index is 12.1. The molecule has 0 aromatic carbocycles. The lowest BCUT2D eigenvalue weighted by molar-refractivity contribution is 0.252. The molecule has 5 heterocycles. The van der Waals surface area contributed by atoms with Crippen molar-refractivity contribution in [2.24, 2.45) is 0 Å². The highest BCUT2D eigenvalue weighted by Crippen LogP contribution is 2.37. The van der Waals surface area contributed by atoms with Crippen molar-refractivity contribution < 1.29 is 9.21 Å². The molecule has 11 nitrogen and oxygen atoms in total. The summed E-state index contributed by atoms with van der Waals surface area (Å²) in [4.78, 5) is 41.3. The Balaban J connectivity index is 1.59. The van der Waals surface area contributed by atoms with Crippen LogP contribution in [0.4, 0.5) is 10.6 Å². The van der Waals surface area contributed by atoms with Gasteiger partial charge < -0.3 is 9.73 Å². The number of aromatic nitrogens is 6. The molecule has 5 aromatic heterocycles. The van der Waals surface area contributed by atoms with Crippen molar-refractivity contribution in [1.29, 1.82) is 0 Å². The van der Waals surface area contributed by atoms with Gasteiger partial charge in [0.2, 0.25) is 0 Å². The van der Waals surface area contributed by atoms with Gasteiger partial charge in [-0.2, -0.15) is 0 Å². The number of nitrogens with one attached hydrogen (secondary N) is 3. The fourth-order valence-electron chi connectivity index (χ4n) is 3.34. The lowest BCUT2D eigenvalue weighted by Gasteiger charge is -2.11. The highest BCUT2D eigenvalue weighted by Gasteiger charge is 2.17. The van der Waals surface area contributed by atoms with Crippen LogP contribution in [-0.4, -0.2) is 42.7 Å². The van der Waals surface area contributed by atoms with Crippen LogP contribution < -0.4 is 16.4 Å². The van der Waals surface area contributed by atoms with E-state index in [0.29, 0.717) is 28.5 Å². The molecule has 3 N–H and O–H groups in total. The van der Waals surface area contributed by atoms with E-state index >= 15 is 0 Å². The molecule has 2 amide bonds. The Morgan fingerprint density at radius 1 is 1.09 bits per heavy atom. The van der Waals surface area contributed by atoms with E-state index in [-0.39, 0.29) is 11.9 Å². The average molecular weight is 487 g/mol. The van der Waals surface area contributed by atoms with Crippen LogP contribution in [0, 0.1) is 0 Å². The van der Waals surface area contributed by atoms with E-state index in [9.17, 15) is 9.59 Å². The monoisotopic (exact) mass is 486 g/mol. The molecule has 0 radical (unpaired) electrons. The van der Waals surface area contributed by atoms with Gasteiger partial charge in [0.15, 0.2) is 0 Å². The number of rotatable bonds is 6. The number of thiazole rings is 1. The fourth-order valence-corrected chi connectivity index (χ4v) is 4.18. The molecule has 0 saturated heterocycles. The van der Waals surface area contributed by atoms with Crippen LogP contribution >= 0.6 is 11.3 Å². The lowest BCUT2D eigenvalue weighted by Crippen LogP contribution is -2.28. The summed E-state index contributed by atoms with van der Waals surface area (Å²) in [7, 11) is 0. The molecule has 0 atom stereocenters. The number of aromatic amines is 1. The number of carbonyl (C=O) groups excluding carboxylic acids is 1. The Labute approximate surface area is 202 Å². The number of H-pyrrole nitrogens is 1. The SMILES string of the molecule is CCNC(=O)Nc1cc(-c2nc(-c3ccccn3)cs2)c(-c2cncc(-c3n[nH]c(=O)o3)c2)cn1. The van der Waals surface area contributed by atoms with Crippen LogP contribution in [0.25, 0.3) is 44.5 Å². The van der Waals surface area contributed by atoms with Gasteiger partial charge in [-0.05, 0) is 31.2 Å². The molecule has 174 valence electrons. The number of anilines is 1. The smallest absolute Gasteiger partial charge is 0.388 e. The molecule has 0 aliphatic carbocycles. The quantitative estimate of drug-likeness (QED) is 0.328. The first kappa shape index (κ1) is 22.1. The van der Waals surface area contributed by atoms with Crippen molar-refractivity contribution in [1.82, 2.24) is 35.5 Å². The van der Waals surface area contributed by atoms with Crippen molar-refractivity contribution >= 4 is 23.2 Å². The molecule has 5 aromatic rings. The normalized spacial score (nSPS) is 10.8. The molecule has 0 fully saturated rings. The highest BCUT2D eigenvalue weighted by molar-refractivity contribution is 7.13. The van der Waals surface area contributed by atoms with Gasteiger partial charge in [-0.1, -0.05) is 6.07 Å². The van der Waals surface area contributed by atoms with Crippen LogP contribution in [0.15, 0.2) is 69.7 Å². The van der Waals surface area contributed by atoms with Gasteiger partial charge in [0.1, 0.15) is 16.5 Å². The van der Waals surface area contributed by atoms with Crippen LogP contribution in [0.1, 0.15) is 6.92 Å². The van der Waals surface area contributed by atoms with Gasteiger partial charge in [0.05, 0.1) is 11.3 Å². The summed E-state index contributed by atoms with van der Waals surface area (Å²) < 4.78 is 5.06. The van der Waals surface area contributed by atoms with Gasteiger partial charge in [0.25, 0.3) is 5.89 Å². The first-order valence-corrected chi connectivity index (χ1v) is 11.4. The third kappa shape index (κ3) is 4.82. The minimum Gasteiger partial charge on any atom is -0.388 e. The van der Waals surface area contributed by atoms with Gasteiger partial charge in [0, 0.05) is 53.4 Å². The van der Waals surface area contributed by atoms with E-state index in [1.54, 1.807) is 36.9 Å². The summed E-state index contributed by atoms with van der Waals surface area (Å²) in [6, 6.07) is 8.82. The average Bonchev–Trinajstić information content (AvgIpc) is 3.54. The topological polar surface area (TPSA) is 152 Å². The maximum absolute atomic E-state index is 12.1. The zero-order valence-corrected chi connectivity index (χ0v) is 19.2. The summed E-state index contributed by atoms with van der Waals surface area (Å²) >= 11 is 1.44. The second-order valence-electron chi connectivity index (χ2n) is 7.23. The van der Waals surface area contributed by atoms with Crippen molar-refractivity contribution in [3.05, 3.63) is 71.0 Å². The van der Waals surface area contributed by atoms with Gasteiger partial charge in [-0.3, -0.25) is 15.3 Å². The number of pyridine rings is 3. The molecule has 5 rings (SSSR count). The number of nitrogens with zero attached hydrogens (tertiary/aromatic N) is 5. The van der Waals surface area contributed by atoms with E-state index in [2.05, 4.69) is 35.8 Å². The lowest BCUT2D eigenvalue weighted by atomic mass is 10.0. The Bertz CT molecular complexity index is 1540. The molecular formula is C23H18N8O3S. The summed E-state index contributed by atoms with van der Waals surface area (Å²) in [5, 5.41) is 14.2. The first-order chi connectivity index (χ1) is 17.1. The van der Waals surface area contributed by atoms with Crippen LogP contribution in [-0.2, 0) is 0 Å². The van der Waals surface area contributed by atoms with E-state index < -0.39 is 5.76 Å². The number of carbonyl (C=O) groups is 1. The summed E-state index contributed by atoms with van der Waals surface area (Å²) in [6.45, 7) is 2.32. The van der Waals surface area contributed by atoms with Crippen molar-refractivity contribution in [2.45, 2.75) is 6.92 Å². The van der Waals surface area contributed by atoms with Crippen LogP contribution in [0.3, 0.4) is 0 Å². The first-order valence-electron chi connectivity index (χ1n) is 10.5. The number of amides is 2. The van der Waals surface area contributed by atoms with Crippen LogP contribution in [0.5, 0.6) is 0 Å². The third-order valence-electron chi connectivity index (χ3n) is 4.88. The fraction of sp³-hybridized carbons (Fsp3) is 0.0870. The van der Waals surface area contributed by atoms with Crippen molar-refractivity contribution in [2.75, 3.05) is 11.9 Å². The molecule has 0 aliphatic rings. The molecule has 0 spiro atoms. The maximum Gasteiger partial charge on any atom is 0.434 e. The Morgan fingerprint density at radius 2 is 1.97 bits per heavy atom. The zero-order chi connectivity index (χ0) is 24.2. The van der Waals surface area contributed by atoms with E-state index in [1.165, 1.54) is 11.3 Å². The standard InChI is InChI=1S/C23H18N8O3S/c1-2-25-22(32)29-19-8-15(21-28-18(12-35-21)17-5-3-4-6-26-17)16(11-27-19)13-7-14(10-24-9-13)20-30-31-23(33)34-20/h3-12H,2H2,1H3,(H,31,33)(H2,25,27,29,32). The predicted molar refractivity (Wildman–Crippen MR) is 131 cm³/mol. The van der Waals surface area contributed by atoms with Crippen molar-refractivity contribution in [3.8, 4) is 44.5 Å². The molecule has 12 heteroatoms. The van der Waals surface area contributed by atoms with Gasteiger partial charge in [-0.25, -0.2) is 24.7 Å². The molecule has 0 bridgehead atoms. The molecule has 35 heavy (non-hydrogen) atoms.